The van der Waals surface area contributed by atoms with Gasteiger partial charge in [-0.3, -0.25) is 19.2 Å². The van der Waals surface area contributed by atoms with Gasteiger partial charge in [-0.05, 0) is 37.2 Å². The van der Waals surface area contributed by atoms with E-state index in [9.17, 15) is 24.4 Å². The fraction of sp³-hybridized carbons (Fsp3) is 0.524. The molecule has 0 saturated carbocycles. The molecule has 2 saturated heterocycles. The fourth-order valence-electron chi connectivity index (χ4n) is 4.51. The number of methoxy groups -OCH3 is 1. The van der Waals surface area contributed by atoms with Gasteiger partial charge in [0.05, 0.1) is 24.6 Å². The Morgan fingerprint density at radius 3 is 2.28 bits per heavy atom. The summed E-state index contributed by atoms with van der Waals surface area (Å²) in [4.78, 5) is 55.7. The van der Waals surface area contributed by atoms with Crippen LogP contribution >= 0.6 is 23.5 Å². The molecule has 0 aliphatic carbocycles. The number of likely N-dealkylation sites (N-methyl/N-ethyl adjacent to an activating group) is 1. The number of nitriles is 1. The van der Waals surface area contributed by atoms with Crippen LogP contribution in [0.1, 0.15) is 45.7 Å². The number of ether oxygens (including phenoxy) is 1. The Kier molecular flexibility index (Phi) is 6.08. The van der Waals surface area contributed by atoms with E-state index in [0.29, 0.717) is 11.4 Å². The molecule has 2 aliphatic rings. The standard InChI is InChI=1S/C21H24N4O5S2/c1-12(26)31-20(4)17(28)25-16(14-7-8-15(30-6)23-9-14)19(3,11-22)10-21(25,32-13(2)27)18(29)24(20)5/h7-9,16H,10H2,1-6H3/t16-,19+,20-,21?/m0/s1. The van der Waals surface area contributed by atoms with E-state index in [0.717, 1.165) is 23.5 Å². The maximum absolute atomic E-state index is 14.0. The third kappa shape index (κ3) is 3.46. The summed E-state index contributed by atoms with van der Waals surface area (Å²) in [5.41, 5.74) is -0.668. The van der Waals surface area contributed by atoms with Crippen molar-refractivity contribution in [1.82, 2.24) is 14.8 Å². The molecule has 3 heterocycles. The second-order valence-corrected chi connectivity index (χ2v) is 11.3. The zero-order valence-electron chi connectivity index (χ0n) is 18.7. The molecule has 9 nitrogen and oxygen atoms in total. The van der Waals surface area contributed by atoms with Crippen LogP contribution in [0.2, 0.25) is 0 Å². The fourth-order valence-corrected chi connectivity index (χ4v) is 6.83. The van der Waals surface area contributed by atoms with E-state index in [1.165, 1.54) is 50.9 Å². The lowest BCUT2D eigenvalue weighted by Gasteiger charge is -2.52. The predicted octanol–water partition coefficient (Wildman–Crippen LogP) is 2.34. The number of hydrogen-bond donors (Lipinski definition) is 0. The number of carbonyl (C=O) groups excluding carboxylic acids is 4. The molecule has 1 unspecified atom stereocenters. The molecule has 170 valence electrons. The van der Waals surface area contributed by atoms with Gasteiger partial charge in [0.15, 0.2) is 20.0 Å². The van der Waals surface area contributed by atoms with Gasteiger partial charge < -0.3 is 14.5 Å². The molecule has 3 rings (SSSR count). The van der Waals surface area contributed by atoms with E-state index in [1.807, 2.05) is 0 Å². The van der Waals surface area contributed by atoms with Gasteiger partial charge in [0.2, 0.25) is 5.88 Å². The minimum Gasteiger partial charge on any atom is -0.481 e. The highest BCUT2D eigenvalue weighted by Crippen LogP contribution is 2.62. The Morgan fingerprint density at radius 1 is 1.19 bits per heavy atom. The lowest BCUT2D eigenvalue weighted by molar-refractivity contribution is -0.163. The summed E-state index contributed by atoms with van der Waals surface area (Å²) in [7, 11) is 2.92. The van der Waals surface area contributed by atoms with E-state index >= 15 is 0 Å². The largest absolute Gasteiger partial charge is 0.481 e. The molecule has 0 aromatic carbocycles. The summed E-state index contributed by atoms with van der Waals surface area (Å²) in [5.74, 6) is -0.667. The molecular formula is C21H24N4O5S2. The number of pyridine rings is 1. The van der Waals surface area contributed by atoms with Crippen LogP contribution in [0.15, 0.2) is 18.3 Å². The molecule has 1 aromatic rings. The summed E-state index contributed by atoms with van der Waals surface area (Å²) in [6.07, 6.45) is 1.45. The smallest absolute Gasteiger partial charge is 0.261 e. The number of carbonyl (C=O) groups is 4. The Hall–Kier alpha value is -2.58. The van der Waals surface area contributed by atoms with Crippen molar-refractivity contribution < 1.29 is 23.9 Å². The van der Waals surface area contributed by atoms with Crippen molar-refractivity contribution in [2.75, 3.05) is 14.2 Å². The number of nitrogens with zero attached hydrogens (tertiary/aromatic N) is 4. The summed E-state index contributed by atoms with van der Waals surface area (Å²) in [6, 6.07) is 4.70. The first-order valence-electron chi connectivity index (χ1n) is 9.78. The van der Waals surface area contributed by atoms with Crippen LogP contribution < -0.4 is 4.74 Å². The van der Waals surface area contributed by atoms with Crippen LogP contribution in [-0.4, -0.2) is 60.7 Å². The first kappa shape index (κ1) is 24.1. The van der Waals surface area contributed by atoms with Crippen molar-refractivity contribution in [2.24, 2.45) is 5.41 Å². The number of fused-ring (bicyclic) bond motifs is 1. The van der Waals surface area contributed by atoms with Gasteiger partial charge in [0, 0.05) is 39.6 Å². The zero-order chi connectivity index (χ0) is 24.1. The molecule has 0 spiro atoms. The Morgan fingerprint density at radius 2 is 1.81 bits per heavy atom. The number of piperazine rings is 1. The van der Waals surface area contributed by atoms with Crippen molar-refractivity contribution in [2.45, 2.75) is 49.9 Å². The number of amides is 2. The Bertz CT molecular complexity index is 1040. The van der Waals surface area contributed by atoms with Crippen LogP contribution in [-0.2, 0) is 19.2 Å². The average Bonchev–Trinajstić information content (AvgIpc) is 3.00. The Balaban J connectivity index is 2.29. The minimum absolute atomic E-state index is 0.0484. The summed E-state index contributed by atoms with van der Waals surface area (Å²) in [6.45, 7) is 5.81. The van der Waals surface area contributed by atoms with Crippen molar-refractivity contribution in [1.29, 1.82) is 5.26 Å². The van der Waals surface area contributed by atoms with Crippen LogP contribution in [0.5, 0.6) is 5.88 Å². The topological polar surface area (TPSA) is 121 Å². The third-order valence-electron chi connectivity index (χ3n) is 5.95. The third-order valence-corrected chi connectivity index (χ3v) is 8.22. The summed E-state index contributed by atoms with van der Waals surface area (Å²) >= 11 is 1.47. The quantitative estimate of drug-likeness (QED) is 0.644. The molecule has 0 N–H and O–H groups in total. The van der Waals surface area contributed by atoms with E-state index in [1.54, 1.807) is 19.1 Å². The summed E-state index contributed by atoms with van der Waals surface area (Å²) in [5, 5.41) is 9.46. The first-order chi connectivity index (χ1) is 14.9. The molecule has 1 aromatic heterocycles. The molecule has 2 amide bonds. The molecule has 4 atom stereocenters. The lowest BCUT2D eigenvalue weighted by atomic mass is 9.80. The summed E-state index contributed by atoms with van der Waals surface area (Å²) < 4.78 is 5.11. The van der Waals surface area contributed by atoms with Crippen molar-refractivity contribution in [3.05, 3.63) is 23.9 Å². The van der Waals surface area contributed by atoms with E-state index in [4.69, 9.17) is 4.74 Å². The average molecular weight is 477 g/mol. The predicted molar refractivity (Wildman–Crippen MR) is 119 cm³/mol. The number of hydrogen-bond acceptors (Lipinski definition) is 9. The number of rotatable bonds is 4. The van der Waals surface area contributed by atoms with Crippen LogP contribution in [0, 0.1) is 16.7 Å². The minimum atomic E-state index is -1.61. The van der Waals surface area contributed by atoms with Crippen molar-refractivity contribution in [3.8, 4) is 11.9 Å². The van der Waals surface area contributed by atoms with Crippen LogP contribution in [0.25, 0.3) is 0 Å². The molecular weight excluding hydrogens is 452 g/mol. The van der Waals surface area contributed by atoms with E-state index in [-0.39, 0.29) is 16.7 Å². The second-order valence-electron chi connectivity index (χ2n) is 8.24. The van der Waals surface area contributed by atoms with Crippen LogP contribution in [0.3, 0.4) is 0 Å². The first-order valence-corrected chi connectivity index (χ1v) is 11.4. The molecule has 2 aliphatic heterocycles. The van der Waals surface area contributed by atoms with Gasteiger partial charge in [-0.15, -0.1) is 0 Å². The normalized spacial score (nSPS) is 31.8. The van der Waals surface area contributed by atoms with Gasteiger partial charge in [-0.2, -0.15) is 5.26 Å². The van der Waals surface area contributed by atoms with Gasteiger partial charge in [-0.25, -0.2) is 4.98 Å². The maximum atomic E-state index is 14.0. The molecule has 0 radical (unpaired) electrons. The SMILES string of the molecule is COc1ccc([C@@H]2N3C(=O)[C@](C)(SC(C)=O)N(C)C(=O)C3(SC(C)=O)C[C@]2(C)C#N)cn1. The number of thioether (sulfide) groups is 2. The van der Waals surface area contributed by atoms with E-state index < -0.39 is 33.0 Å². The van der Waals surface area contributed by atoms with Crippen LogP contribution in [0.4, 0.5) is 0 Å². The van der Waals surface area contributed by atoms with Gasteiger partial charge in [0.25, 0.3) is 11.8 Å². The molecule has 2 fully saturated rings. The van der Waals surface area contributed by atoms with Crippen molar-refractivity contribution in [3.63, 3.8) is 0 Å². The highest BCUT2D eigenvalue weighted by atomic mass is 32.2. The molecule has 11 heteroatoms. The monoisotopic (exact) mass is 476 g/mol. The van der Waals surface area contributed by atoms with Crippen molar-refractivity contribution >= 4 is 45.6 Å². The molecule has 32 heavy (non-hydrogen) atoms. The molecule has 0 bridgehead atoms. The lowest BCUT2D eigenvalue weighted by Crippen LogP contribution is -2.71. The van der Waals surface area contributed by atoms with Gasteiger partial charge in [0.1, 0.15) is 0 Å². The Labute approximate surface area is 194 Å². The zero-order valence-corrected chi connectivity index (χ0v) is 20.3. The van der Waals surface area contributed by atoms with Gasteiger partial charge in [-0.1, -0.05) is 11.8 Å². The van der Waals surface area contributed by atoms with Gasteiger partial charge >= 0.3 is 0 Å². The number of aromatic nitrogens is 1. The maximum Gasteiger partial charge on any atom is 0.261 e. The second kappa shape index (κ2) is 8.08. The highest BCUT2D eigenvalue weighted by Gasteiger charge is 2.71. The highest BCUT2D eigenvalue weighted by molar-refractivity contribution is 8.16. The van der Waals surface area contributed by atoms with E-state index in [2.05, 4.69) is 11.1 Å².